The summed E-state index contributed by atoms with van der Waals surface area (Å²) in [5, 5.41) is 3.46. The van der Waals surface area contributed by atoms with Crippen molar-refractivity contribution in [3.63, 3.8) is 0 Å². The molecule has 4 rings (SSSR count). The molecule has 3 aromatic heterocycles. The molecule has 1 amide bonds. The summed E-state index contributed by atoms with van der Waals surface area (Å²) in [5.41, 5.74) is 6.72. The van der Waals surface area contributed by atoms with Crippen molar-refractivity contribution >= 4 is 55.5 Å². The van der Waals surface area contributed by atoms with Gasteiger partial charge in [0, 0.05) is 10.3 Å². The molecular weight excluding hydrogens is 475 g/mol. The van der Waals surface area contributed by atoms with Gasteiger partial charge in [0.25, 0.3) is 5.91 Å². The molecule has 1 aliphatic carbocycles. The molecule has 3 N–H and O–H groups in total. The Morgan fingerprint density at radius 3 is 2.73 bits per heavy atom. The number of nitrogens with two attached hydrogens (primary N) is 1. The van der Waals surface area contributed by atoms with Crippen LogP contribution < -0.4 is 11.1 Å². The number of nitrogen functional groups attached to an aromatic ring is 1. The number of anilines is 2. The minimum Gasteiger partial charge on any atom is -0.462 e. The van der Waals surface area contributed by atoms with Crippen LogP contribution in [0.25, 0.3) is 10.2 Å². The fourth-order valence-electron chi connectivity index (χ4n) is 4.04. The Labute approximate surface area is 196 Å². The Morgan fingerprint density at radius 2 is 2.06 bits per heavy atom. The van der Waals surface area contributed by atoms with Crippen molar-refractivity contribution in [2.75, 3.05) is 17.7 Å². The molecule has 0 fully saturated rings. The fraction of sp³-hybridized carbons (Fsp3) is 0.409. The number of fused-ring (bicyclic) bond motifs is 2. The number of esters is 1. The molecule has 1 unspecified atom stereocenters. The molecule has 3 heterocycles. The third kappa shape index (κ3) is 4.31. The number of ether oxygens (including phenoxy) is 1. The van der Waals surface area contributed by atoms with Gasteiger partial charge < -0.3 is 15.8 Å². The molecule has 33 heavy (non-hydrogen) atoms. The summed E-state index contributed by atoms with van der Waals surface area (Å²) < 4.78 is 44.7. The van der Waals surface area contributed by atoms with Gasteiger partial charge in [-0.1, -0.05) is 6.92 Å². The summed E-state index contributed by atoms with van der Waals surface area (Å²) in [6.45, 7) is 5.53. The van der Waals surface area contributed by atoms with E-state index in [1.54, 1.807) is 6.92 Å². The van der Waals surface area contributed by atoms with Crippen molar-refractivity contribution in [3.05, 3.63) is 38.2 Å². The van der Waals surface area contributed by atoms with Crippen LogP contribution in [0.1, 0.15) is 62.0 Å². The van der Waals surface area contributed by atoms with Gasteiger partial charge in [-0.05, 0) is 56.2 Å². The first-order valence-electron chi connectivity index (χ1n) is 10.4. The number of rotatable bonds is 4. The number of nitrogens with one attached hydrogen (secondary N) is 1. The number of alkyl halides is 3. The highest BCUT2D eigenvalue weighted by atomic mass is 32.1. The van der Waals surface area contributed by atoms with Gasteiger partial charge in [-0.25, -0.2) is 9.78 Å². The maximum atomic E-state index is 13.2. The van der Waals surface area contributed by atoms with Gasteiger partial charge in [0.1, 0.15) is 20.4 Å². The van der Waals surface area contributed by atoms with E-state index < -0.39 is 23.7 Å². The number of aryl methyl sites for hydroxylation is 1. The predicted molar refractivity (Wildman–Crippen MR) is 123 cm³/mol. The minimum absolute atomic E-state index is 0.0369. The second-order valence-electron chi connectivity index (χ2n) is 8.08. The van der Waals surface area contributed by atoms with E-state index in [1.807, 2.05) is 0 Å². The number of nitrogens with zero attached hydrogens (tertiary/aromatic N) is 1. The number of carbonyl (C=O) groups is 2. The lowest BCUT2D eigenvalue weighted by molar-refractivity contribution is -0.141. The van der Waals surface area contributed by atoms with Crippen molar-refractivity contribution in [2.45, 2.75) is 46.2 Å². The third-order valence-electron chi connectivity index (χ3n) is 5.61. The van der Waals surface area contributed by atoms with Gasteiger partial charge >= 0.3 is 12.1 Å². The SMILES string of the molecule is CCOC(=O)c1c(NC(=O)c2sc3nc(C(F)(F)F)cc(C)c3c2N)sc2c1CCC(C)C2. The second-order valence-corrected chi connectivity index (χ2v) is 10.2. The fourth-order valence-corrected chi connectivity index (χ4v) is 6.50. The van der Waals surface area contributed by atoms with Gasteiger partial charge in [-0.2, -0.15) is 13.2 Å². The molecule has 0 saturated heterocycles. The van der Waals surface area contributed by atoms with Crippen molar-refractivity contribution in [3.8, 4) is 0 Å². The van der Waals surface area contributed by atoms with Crippen LogP contribution in [0.5, 0.6) is 0 Å². The van der Waals surface area contributed by atoms with Crippen LogP contribution in [-0.4, -0.2) is 23.5 Å². The van der Waals surface area contributed by atoms with Crippen LogP contribution in [0, 0.1) is 12.8 Å². The lowest BCUT2D eigenvalue weighted by Gasteiger charge is -2.18. The number of pyridine rings is 1. The zero-order valence-electron chi connectivity index (χ0n) is 18.2. The molecule has 3 aromatic rings. The van der Waals surface area contributed by atoms with Crippen LogP contribution in [0.2, 0.25) is 0 Å². The first kappa shape index (κ1) is 23.5. The summed E-state index contributed by atoms with van der Waals surface area (Å²) in [5.74, 6) is -0.637. The standard InChI is InChI=1S/C22H22F3N3O3S2/c1-4-31-21(30)15-11-6-5-9(2)7-12(11)32-20(15)28-18(29)17-16(26)14-10(3)8-13(22(23,24)25)27-19(14)33-17/h8-9H,4-7,26H2,1-3H3,(H,28,29). The molecule has 1 aliphatic rings. The number of hydrogen-bond acceptors (Lipinski definition) is 7. The molecule has 0 bridgehead atoms. The quantitative estimate of drug-likeness (QED) is 0.443. The van der Waals surface area contributed by atoms with Gasteiger partial charge in [0.05, 0.1) is 17.9 Å². The van der Waals surface area contributed by atoms with Crippen LogP contribution in [0.4, 0.5) is 23.9 Å². The molecule has 6 nitrogen and oxygen atoms in total. The number of carbonyl (C=O) groups excluding carboxylic acids is 2. The van der Waals surface area contributed by atoms with E-state index in [0.717, 1.165) is 40.7 Å². The maximum Gasteiger partial charge on any atom is 0.433 e. The summed E-state index contributed by atoms with van der Waals surface area (Å²) in [6, 6.07) is 0.917. The zero-order chi connectivity index (χ0) is 24.1. The summed E-state index contributed by atoms with van der Waals surface area (Å²) >= 11 is 2.13. The van der Waals surface area contributed by atoms with Crippen molar-refractivity contribution in [2.24, 2.45) is 5.92 Å². The van der Waals surface area contributed by atoms with E-state index in [-0.39, 0.29) is 27.6 Å². The topological polar surface area (TPSA) is 94.3 Å². The normalized spacial score (nSPS) is 16.0. The van der Waals surface area contributed by atoms with E-state index in [4.69, 9.17) is 10.5 Å². The van der Waals surface area contributed by atoms with Crippen molar-refractivity contribution in [1.82, 2.24) is 4.98 Å². The summed E-state index contributed by atoms with van der Waals surface area (Å²) in [6.07, 6.45) is -2.16. The highest BCUT2D eigenvalue weighted by Gasteiger charge is 2.34. The van der Waals surface area contributed by atoms with Gasteiger partial charge in [0.15, 0.2) is 0 Å². The Bertz CT molecular complexity index is 1260. The molecular formula is C22H22F3N3O3S2. The lowest BCUT2D eigenvalue weighted by Crippen LogP contribution is -2.16. The van der Waals surface area contributed by atoms with Crippen molar-refractivity contribution in [1.29, 1.82) is 0 Å². The summed E-state index contributed by atoms with van der Waals surface area (Å²) in [7, 11) is 0. The van der Waals surface area contributed by atoms with Crippen LogP contribution in [0.15, 0.2) is 6.07 Å². The number of aromatic nitrogens is 1. The van der Waals surface area contributed by atoms with Crippen LogP contribution in [0.3, 0.4) is 0 Å². The molecule has 0 saturated carbocycles. The molecule has 0 aromatic carbocycles. The average Bonchev–Trinajstić information content (AvgIpc) is 3.24. The van der Waals surface area contributed by atoms with E-state index in [0.29, 0.717) is 28.3 Å². The van der Waals surface area contributed by atoms with E-state index >= 15 is 0 Å². The van der Waals surface area contributed by atoms with Gasteiger partial charge in [-0.15, -0.1) is 22.7 Å². The Morgan fingerprint density at radius 1 is 1.33 bits per heavy atom. The van der Waals surface area contributed by atoms with E-state index in [2.05, 4.69) is 17.2 Å². The Kier molecular flexibility index (Phi) is 6.12. The average molecular weight is 498 g/mol. The number of halogens is 3. The highest BCUT2D eigenvalue weighted by molar-refractivity contribution is 7.21. The number of thiophene rings is 2. The summed E-state index contributed by atoms with van der Waals surface area (Å²) in [4.78, 5) is 30.6. The first-order chi connectivity index (χ1) is 15.5. The molecule has 11 heteroatoms. The monoisotopic (exact) mass is 497 g/mol. The predicted octanol–water partition coefficient (Wildman–Crippen LogP) is 5.82. The minimum atomic E-state index is -4.61. The number of hydrogen-bond donors (Lipinski definition) is 2. The van der Waals surface area contributed by atoms with Crippen LogP contribution >= 0.6 is 22.7 Å². The highest BCUT2D eigenvalue weighted by Crippen LogP contribution is 2.42. The first-order valence-corrected chi connectivity index (χ1v) is 12.0. The Hall–Kier alpha value is -2.66. The molecule has 0 spiro atoms. The van der Waals surface area contributed by atoms with Gasteiger partial charge in [-0.3, -0.25) is 4.79 Å². The lowest BCUT2D eigenvalue weighted by atomic mass is 9.88. The molecule has 0 radical (unpaired) electrons. The largest absolute Gasteiger partial charge is 0.462 e. The van der Waals surface area contributed by atoms with E-state index in [1.165, 1.54) is 18.3 Å². The van der Waals surface area contributed by atoms with E-state index in [9.17, 15) is 22.8 Å². The Balaban J connectivity index is 1.74. The zero-order valence-corrected chi connectivity index (χ0v) is 19.8. The smallest absolute Gasteiger partial charge is 0.433 e. The van der Waals surface area contributed by atoms with Crippen LogP contribution in [-0.2, 0) is 23.8 Å². The van der Waals surface area contributed by atoms with Gasteiger partial charge in [0.2, 0.25) is 0 Å². The second kappa shape index (κ2) is 8.60. The molecule has 1 atom stereocenters. The van der Waals surface area contributed by atoms with Crippen molar-refractivity contribution < 1.29 is 27.5 Å². The molecule has 176 valence electrons. The molecule has 0 aliphatic heterocycles. The number of amides is 1. The maximum absolute atomic E-state index is 13.2. The third-order valence-corrected chi connectivity index (χ3v) is 7.88.